The number of hydrogen-bond donors (Lipinski definition) is 1. The monoisotopic (exact) mass is 327 g/mol. The number of methoxy groups -OCH3 is 1. The fourth-order valence-corrected chi connectivity index (χ4v) is 5.71. The van der Waals surface area contributed by atoms with E-state index in [1.165, 1.54) is 44.1 Å². The number of benzene rings is 1. The molecule has 4 saturated carbocycles. The molecule has 3 nitrogen and oxygen atoms in total. The van der Waals surface area contributed by atoms with E-state index < -0.39 is 0 Å². The Morgan fingerprint density at radius 2 is 1.79 bits per heavy atom. The van der Waals surface area contributed by atoms with Crippen LogP contribution in [0.1, 0.15) is 44.1 Å². The zero-order chi connectivity index (χ0) is 16.6. The number of rotatable bonds is 7. The topological polar surface area (TPSA) is 30.5 Å². The van der Waals surface area contributed by atoms with Gasteiger partial charge in [0, 0.05) is 12.1 Å². The fraction of sp³-hybridized carbons (Fsp3) is 0.619. The summed E-state index contributed by atoms with van der Waals surface area (Å²) in [5.74, 6) is 4.53. The van der Waals surface area contributed by atoms with Crippen molar-refractivity contribution in [3.63, 3.8) is 0 Å². The maximum absolute atomic E-state index is 5.65. The van der Waals surface area contributed by atoms with Crippen molar-refractivity contribution in [3.05, 3.63) is 36.4 Å². The van der Waals surface area contributed by atoms with Gasteiger partial charge >= 0.3 is 0 Å². The van der Waals surface area contributed by atoms with Crippen molar-refractivity contribution in [2.45, 2.75) is 50.6 Å². The normalized spacial score (nSPS) is 33.5. The van der Waals surface area contributed by atoms with Gasteiger partial charge in [-0.25, -0.2) is 0 Å². The lowest BCUT2D eigenvalue weighted by atomic mass is 9.53. The van der Waals surface area contributed by atoms with Crippen molar-refractivity contribution in [3.8, 4) is 11.5 Å². The van der Waals surface area contributed by atoms with Crippen LogP contribution in [0.4, 0.5) is 0 Å². The van der Waals surface area contributed by atoms with Gasteiger partial charge in [0.1, 0.15) is 6.61 Å². The SMILES string of the molecule is C=CCOc1ccc(CNC23CC4CC(CC(C4)C2)C3)cc1OC. The van der Waals surface area contributed by atoms with Gasteiger partial charge in [-0.2, -0.15) is 0 Å². The third-order valence-electron chi connectivity index (χ3n) is 6.29. The zero-order valence-corrected chi connectivity index (χ0v) is 14.7. The summed E-state index contributed by atoms with van der Waals surface area (Å²) in [7, 11) is 1.70. The van der Waals surface area contributed by atoms with Gasteiger partial charge in [-0.3, -0.25) is 0 Å². The van der Waals surface area contributed by atoms with E-state index >= 15 is 0 Å². The predicted octanol–water partition coefficient (Wildman–Crippen LogP) is 4.32. The molecule has 0 unspecified atom stereocenters. The standard InChI is InChI=1S/C21H29NO2/c1-3-6-24-19-5-4-15(10-20(19)23-2)14-22-21-11-16-7-17(12-21)9-18(8-16)13-21/h3-5,10,16-18,22H,1,6-9,11-14H2,2H3. The molecule has 4 aliphatic rings. The van der Waals surface area contributed by atoms with E-state index in [1.807, 2.05) is 6.07 Å². The summed E-state index contributed by atoms with van der Waals surface area (Å²) in [4.78, 5) is 0. The van der Waals surface area contributed by atoms with Gasteiger partial charge < -0.3 is 14.8 Å². The summed E-state index contributed by atoms with van der Waals surface area (Å²) in [5, 5.41) is 3.94. The minimum absolute atomic E-state index is 0.403. The molecule has 0 amide bonds. The van der Waals surface area contributed by atoms with Crippen LogP contribution < -0.4 is 14.8 Å². The van der Waals surface area contributed by atoms with Crippen LogP contribution in [0, 0.1) is 17.8 Å². The first-order valence-electron chi connectivity index (χ1n) is 9.35. The molecule has 0 spiro atoms. The van der Waals surface area contributed by atoms with Gasteiger partial charge in [-0.15, -0.1) is 0 Å². The summed E-state index contributed by atoms with van der Waals surface area (Å²) in [5.41, 5.74) is 1.67. The average molecular weight is 327 g/mol. The lowest BCUT2D eigenvalue weighted by Crippen LogP contribution is -2.58. The number of ether oxygens (including phenoxy) is 2. The Bertz CT molecular complexity index is 575. The summed E-state index contributed by atoms with van der Waals surface area (Å²) in [6.07, 6.45) is 10.4. The first-order valence-corrected chi connectivity index (χ1v) is 9.35. The van der Waals surface area contributed by atoms with Crippen LogP contribution in [0.3, 0.4) is 0 Å². The molecule has 4 aliphatic carbocycles. The quantitative estimate of drug-likeness (QED) is 0.757. The molecular weight excluding hydrogens is 298 g/mol. The molecule has 0 aromatic heterocycles. The molecule has 5 rings (SSSR count). The van der Waals surface area contributed by atoms with Crippen molar-refractivity contribution in [2.75, 3.05) is 13.7 Å². The predicted molar refractivity (Wildman–Crippen MR) is 96.4 cm³/mol. The van der Waals surface area contributed by atoms with Crippen LogP contribution in [0.5, 0.6) is 11.5 Å². The van der Waals surface area contributed by atoms with Gasteiger partial charge in [-0.1, -0.05) is 18.7 Å². The van der Waals surface area contributed by atoms with Crippen molar-refractivity contribution >= 4 is 0 Å². The third-order valence-corrected chi connectivity index (χ3v) is 6.29. The van der Waals surface area contributed by atoms with Crippen molar-refractivity contribution in [2.24, 2.45) is 17.8 Å². The molecule has 1 aromatic carbocycles. The Labute approximate surface area is 145 Å². The first kappa shape index (κ1) is 16.0. The lowest BCUT2D eigenvalue weighted by molar-refractivity contribution is -0.0206. The first-order chi connectivity index (χ1) is 11.7. The average Bonchev–Trinajstić information content (AvgIpc) is 2.57. The van der Waals surface area contributed by atoms with Crippen molar-refractivity contribution < 1.29 is 9.47 Å². The van der Waals surface area contributed by atoms with Crippen LogP contribution >= 0.6 is 0 Å². The fourth-order valence-electron chi connectivity index (χ4n) is 5.71. The Balaban J connectivity index is 1.43. The van der Waals surface area contributed by atoms with Crippen molar-refractivity contribution in [1.82, 2.24) is 5.32 Å². The van der Waals surface area contributed by atoms with E-state index in [9.17, 15) is 0 Å². The van der Waals surface area contributed by atoms with E-state index in [0.717, 1.165) is 35.8 Å². The second-order valence-electron chi connectivity index (χ2n) is 8.14. The molecule has 24 heavy (non-hydrogen) atoms. The van der Waals surface area contributed by atoms with Gasteiger partial charge in [-0.05, 0) is 74.0 Å². The summed E-state index contributed by atoms with van der Waals surface area (Å²) >= 11 is 0. The van der Waals surface area contributed by atoms with E-state index in [0.29, 0.717) is 12.1 Å². The van der Waals surface area contributed by atoms with E-state index in [4.69, 9.17) is 9.47 Å². The maximum Gasteiger partial charge on any atom is 0.161 e. The molecule has 4 bridgehead atoms. The molecule has 0 saturated heterocycles. The van der Waals surface area contributed by atoms with Gasteiger partial charge in [0.25, 0.3) is 0 Å². The van der Waals surface area contributed by atoms with Gasteiger partial charge in [0.2, 0.25) is 0 Å². The second kappa shape index (κ2) is 6.44. The number of hydrogen-bond acceptors (Lipinski definition) is 3. The lowest BCUT2D eigenvalue weighted by Gasteiger charge is -2.57. The third kappa shape index (κ3) is 3.06. The Hall–Kier alpha value is -1.48. The Morgan fingerprint density at radius 3 is 2.38 bits per heavy atom. The summed E-state index contributed by atoms with van der Waals surface area (Å²) < 4.78 is 11.1. The number of nitrogens with one attached hydrogen (secondary N) is 1. The van der Waals surface area contributed by atoms with Crippen LogP contribution in [0.15, 0.2) is 30.9 Å². The maximum atomic E-state index is 5.65. The largest absolute Gasteiger partial charge is 0.493 e. The summed E-state index contributed by atoms with van der Waals surface area (Å²) in [6.45, 7) is 5.11. The molecule has 1 aromatic rings. The van der Waals surface area contributed by atoms with Gasteiger partial charge in [0.05, 0.1) is 7.11 Å². The molecule has 0 aliphatic heterocycles. The van der Waals surface area contributed by atoms with Crippen molar-refractivity contribution in [1.29, 1.82) is 0 Å². The highest BCUT2D eigenvalue weighted by atomic mass is 16.5. The molecule has 0 atom stereocenters. The minimum atomic E-state index is 0.403. The van der Waals surface area contributed by atoms with Crippen LogP contribution in [0.25, 0.3) is 0 Å². The molecule has 0 radical (unpaired) electrons. The minimum Gasteiger partial charge on any atom is -0.493 e. The zero-order valence-electron chi connectivity index (χ0n) is 14.7. The smallest absolute Gasteiger partial charge is 0.161 e. The molecule has 3 heteroatoms. The Morgan fingerprint density at radius 1 is 1.12 bits per heavy atom. The van der Waals surface area contributed by atoms with Crippen LogP contribution in [-0.4, -0.2) is 19.3 Å². The Kier molecular flexibility index (Phi) is 4.29. The van der Waals surface area contributed by atoms with Crippen LogP contribution in [0.2, 0.25) is 0 Å². The molecule has 1 N–H and O–H groups in total. The molecular formula is C21H29NO2. The highest BCUT2D eigenvalue weighted by molar-refractivity contribution is 5.43. The second-order valence-corrected chi connectivity index (χ2v) is 8.14. The highest BCUT2D eigenvalue weighted by Gasteiger charge is 2.50. The van der Waals surface area contributed by atoms with Crippen LogP contribution in [-0.2, 0) is 6.54 Å². The van der Waals surface area contributed by atoms with E-state index in [-0.39, 0.29) is 0 Å². The molecule has 130 valence electrons. The summed E-state index contributed by atoms with van der Waals surface area (Å²) in [6, 6.07) is 6.26. The van der Waals surface area contributed by atoms with E-state index in [2.05, 4.69) is 24.0 Å². The van der Waals surface area contributed by atoms with Gasteiger partial charge in [0.15, 0.2) is 11.5 Å². The highest BCUT2D eigenvalue weighted by Crippen LogP contribution is 2.55. The molecule has 4 fully saturated rings. The van der Waals surface area contributed by atoms with E-state index in [1.54, 1.807) is 13.2 Å². The molecule has 0 heterocycles.